The number of hydrogen-bond donors (Lipinski definition) is 1. The lowest BCUT2D eigenvalue weighted by molar-refractivity contribution is -0.117. The first-order valence-corrected chi connectivity index (χ1v) is 8.20. The summed E-state index contributed by atoms with van der Waals surface area (Å²) in [5.41, 5.74) is 0.728. The highest BCUT2D eigenvalue weighted by Crippen LogP contribution is 2.23. The molecule has 1 aliphatic rings. The largest absolute Gasteiger partial charge is 0.374 e. The first-order valence-electron chi connectivity index (χ1n) is 8.20. The van der Waals surface area contributed by atoms with Crippen molar-refractivity contribution >= 4 is 28.2 Å². The van der Waals surface area contributed by atoms with E-state index in [1.807, 2.05) is 43.6 Å². The van der Waals surface area contributed by atoms with Crippen molar-refractivity contribution in [2.45, 2.75) is 12.5 Å². The van der Waals surface area contributed by atoms with E-state index in [1.165, 1.54) is 0 Å². The first kappa shape index (κ1) is 15.4. The number of amides is 1. The molecular weight excluding hydrogens is 318 g/mol. The van der Waals surface area contributed by atoms with Gasteiger partial charge in [-0.2, -0.15) is 5.10 Å². The number of pyridine rings is 1. The first-order chi connectivity index (χ1) is 12.0. The minimum Gasteiger partial charge on any atom is -0.374 e. The van der Waals surface area contributed by atoms with E-state index in [1.54, 1.807) is 27.4 Å². The highest BCUT2D eigenvalue weighted by molar-refractivity contribution is 6.00. The predicted octanol–water partition coefficient (Wildman–Crippen LogP) is 1.49. The van der Waals surface area contributed by atoms with E-state index in [0.717, 1.165) is 11.1 Å². The minimum atomic E-state index is -0.313. The lowest BCUT2D eigenvalue weighted by atomic mass is 10.1. The summed E-state index contributed by atoms with van der Waals surface area (Å²) in [4.78, 5) is 26.6. The molecule has 7 heteroatoms. The van der Waals surface area contributed by atoms with Gasteiger partial charge in [0.05, 0.1) is 0 Å². The minimum absolute atomic E-state index is 0.000221. The molecule has 1 aliphatic heterocycles. The summed E-state index contributed by atoms with van der Waals surface area (Å²) >= 11 is 0. The summed E-state index contributed by atoms with van der Waals surface area (Å²) in [6.45, 7) is 0.628. The number of aryl methyl sites for hydroxylation is 2. The summed E-state index contributed by atoms with van der Waals surface area (Å²) in [6, 6.07) is 9.04. The fourth-order valence-corrected chi connectivity index (χ4v) is 3.22. The molecule has 25 heavy (non-hydrogen) atoms. The van der Waals surface area contributed by atoms with Gasteiger partial charge >= 0.3 is 0 Å². The molecule has 1 atom stereocenters. The topological polar surface area (TPSA) is 72.2 Å². The van der Waals surface area contributed by atoms with Gasteiger partial charge in [-0.3, -0.25) is 19.2 Å². The van der Waals surface area contributed by atoms with Crippen molar-refractivity contribution in [1.82, 2.24) is 14.3 Å². The standard InChI is InChI=1S/C18H19N5O2/c1-21-8-5-12-3-4-13(11-14(12)17(21)24)19-15-6-10-23(18(15)25)16-7-9-22(2)20-16/h3-5,7-9,11,15,19H,6,10H2,1-2H3. The van der Waals surface area contributed by atoms with Crippen LogP contribution in [0.3, 0.4) is 0 Å². The summed E-state index contributed by atoms with van der Waals surface area (Å²) in [5.74, 6) is 0.670. The lowest BCUT2D eigenvalue weighted by Gasteiger charge is -2.15. The molecule has 2 aromatic heterocycles. The summed E-state index contributed by atoms with van der Waals surface area (Å²) < 4.78 is 3.23. The number of carbonyl (C=O) groups is 1. The van der Waals surface area contributed by atoms with Crippen molar-refractivity contribution in [1.29, 1.82) is 0 Å². The van der Waals surface area contributed by atoms with Crippen LogP contribution >= 0.6 is 0 Å². The van der Waals surface area contributed by atoms with Crippen molar-refractivity contribution in [2.75, 3.05) is 16.8 Å². The van der Waals surface area contributed by atoms with Gasteiger partial charge < -0.3 is 9.88 Å². The number of aromatic nitrogens is 3. The maximum absolute atomic E-state index is 12.7. The third-order valence-electron chi connectivity index (χ3n) is 4.60. The molecule has 0 radical (unpaired) electrons. The van der Waals surface area contributed by atoms with Crippen LogP contribution in [0.2, 0.25) is 0 Å². The maximum Gasteiger partial charge on any atom is 0.258 e. The molecule has 1 aromatic carbocycles. The molecule has 0 bridgehead atoms. The van der Waals surface area contributed by atoms with Crippen LogP contribution in [0.4, 0.5) is 11.5 Å². The van der Waals surface area contributed by atoms with Gasteiger partial charge in [0, 0.05) is 50.2 Å². The fourth-order valence-electron chi connectivity index (χ4n) is 3.22. The third-order valence-corrected chi connectivity index (χ3v) is 4.60. The number of fused-ring (bicyclic) bond motifs is 1. The monoisotopic (exact) mass is 337 g/mol. The Morgan fingerprint density at radius 2 is 1.96 bits per heavy atom. The van der Waals surface area contributed by atoms with Crippen LogP contribution in [0.15, 0.2) is 47.5 Å². The Morgan fingerprint density at radius 3 is 2.72 bits per heavy atom. The molecule has 3 heterocycles. The Labute approximate surface area is 144 Å². The van der Waals surface area contributed by atoms with E-state index >= 15 is 0 Å². The predicted molar refractivity (Wildman–Crippen MR) is 96.8 cm³/mol. The fraction of sp³-hybridized carbons (Fsp3) is 0.278. The van der Waals surface area contributed by atoms with Crippen LogP contribution in [0.25, 0.3) is 10.8 Å². The van der Waals surface area contributed by atoms with Crippen molar-refractivity contribution < 1.29 is 4.79 Å². The van der Waals surface area contributed by atoms with Gasteiger partial charge in [-0.25, -0.2) is 0 Å². The van der Waals surface area contributed by atoms with E-state index < -0.39 is 0 Å². The Balaban J connectivity index is 1.58. The molecule has 7 nitrogen and oxygen atoms in total. The molecule has 0 saturated carbocycles. The van der Waals surface area contributed by atoms with Crippen LogP contribution in [0.5, 0.6) is 0 Å². The second-order valence-corrected chi connectivity index (χ2v) is 6.36. The number of benzene rings is 1. The zero-order valence-corrected chi connectivity index (χ0v) is 14.1. The lowest BCUT2D eigenvalue weighted by Crippen LogP contribution is -2.33. The zero-order chi connectivity index (χ0) is 17.6. The van der Waals surface area contributed by atoms with E-state index in [9.17, 15) is 9.59 Å². The molecule has 128 valence electrons. The molecule has 1 N–H and O–H groups in total. The Hall–Kier alpha value is -3.09. The zero-order valence-electron chi connectivity index (χ0n) is 14.1. The van der Waals surface area contributed by atoms with Crippen LogP contribution < -0.4 is 15.8 Å². The molecule has 1 fully saturated rings. The number of hydrogen-bond acceptors (Lipinski definition) is 4. The van der Waals surface area contributed by atoms with Gasteiger partial charge in [-0.1, -0.05) is 6.07 Å². The van der Waals surface area contributed by atoms with E-state index in [2.05, 4.69) is 10.4 Å². The molecular formula is C18H19N5O2. The van der Waals surface area contributed by atoms with E-state index in [0.29, 0.717) is 24.2 Å². The van der Waals surface area contributed by atoms with Crippen LogP contribution in [-0.4, -0.2) is 32.8 Å². The highest BCUT2D eigenvalue weighted by atomic mass is 16.2. The second-order valence-electron chi connectivity index (χ2n) is 6.36. The highest BCUT2D eigenvalue weighted by Gasteiger charge is 2.33. The van der Waals surface area contributed by atoms with E-state index in [4.69, 9.17) is 0 Å². The number of nitrogens with one attached hydrogen (secondary N) is 1. The maximum atomic E-state index is 12.7. The summed E-state index contributed by atoms with van der Waals surface area (Å²) in [7, 11) is 3.56. The van der Waals surface area contributed by atoms with Crippen molar-refractivity contribution in [3.8, 4) is 0 Å². The van der Waals surface area contributed by atoms with Gasteiger partial charge in [0.15, 0.2) is 5.82 Å². The number of nitrogens with zero attached hydrogens (tertiary/aromatic N) is 4. The van der Waals surface area contributed by atoms with Crippen LogP contribution in [0, 0.1) is 0 Å². The molecule has 1 unspecified atom stereocenters. The van der Waals surface area contributed by atoms with Crippen molar-refractivity contribution in [3.05, 3.63) is 53.1 Å². The molecule has 3 aromatic rings. The normalized spacial score (nSPS) is 17.4. The molecule has 4 rings (SSSR count). The molecule has 0 spiro atoms. The summed E-state index contributed by atoms with van der Waals surface area (Å²) in [5, 5.41) is 9.09. The average molecular weight is 337 g/mol. The quantitative estimate of drug-likeness (QED) is 0.786. The van der Waals surface area contributed by atoms with E-state index in [-0.39, 0.29) is 17.5 Å². The van der Waals surface area contributed by atoms with Gasteiger partial charge in [-0.05, 0) is 30.0 Å². The SMILES string of the molecule is Cn1ccc(N2CCC(Nc3ccc4ccn(C)c(=O)c4c3)C2=O)n1. The Bertz CT molecular complexity index is 1020. The molecule has 0 aliphatic carbocycles. The van der Waals surface area contributed by atoms with Gasteiger partial charge in [0.1, 0.15) is 6.04 Å². The van der Waals surface area contributed by atoms with Gasteiger partial charge in [0.2, 0.25) is 0 Å². The van der Waals surface area contributed by atoms with Crippen LogP contribution in [0.1, 0.15) is 6.42 Å². The van der Waals surface area contributed by atoms with Crippen LogP contribution in [-0.2, 0) is 18.9 Å². The average Bonchev–Trinajstić information content (AvgIpc) is 3.18. The third kappa shape index (κ3) is 2.67. The van der Waals surface area contributed by atoms with Crippen molar-refractivity contribution in [2.24, 2.45) is 14.1 Å². The van der Waals surface area contributed by atoms with Crippen molar-refractivity contribution in [3.63, 3.8) is 0 Å². The summed E-state index contributed by atoms with van der Waals surface area (Å²) in [6.07, 6.45) is 4.27. The second kappa shape index (κ2) is 5.77. The Morgan fingerprint density at radius 1 is 1.12 bits per heavy atom. The molecule has 1 saturated heterocycles. The smallest absolute Gasteiger partial charge is 0.258 e. The van der Waals surface area contributed by atoms with Gasteiger partial charge in [0.25, 0.3) is 11.5 Å². The number of rotatable bonds is 3. The molecule has 1 amide bonds. The number of carbonyl (C=O) groups excluding carboxylic acids is 1. The number of anilines is 2. The van der Waals surface area contributed by atoms with Gasteiger partial charge in [-0.15, -0.1) is 0 Å². The Kier molecular flexibility index (Phi) is 3.56.